The average Bonchev–Trinajstić information content (AvgIpc) is 2.73. The van der Waals surface area contributed by atoms with Crippen LogP contribution in [0.5, 0.6) is 0 Å². The molecule has 0 bridgehead atoms. The quantitative estimate of drug-likeness (QED) is 0.285. The van der Waals surface area contributed by atoms with E-state index in [1.54, 1.807) is 12.1 Å². The van der Waals surface area contributed by atoms with Crippen molar-refractivity contribution in [1.29, 1.82) is 0 Å². The molecule has 0 aliphatic carbocycles. The topological polar surface area (TPSA) is 87.7 Å². The highest BCUT2D eigenvalue weighted by molar-refractivity contribution is 7.45. The van der Waals surface area contributed by atoms with Gasteiger partial charge in [0.15, 0.2) is 0 Å². The molecule has 0 aliphatic rings. The minimum absolute atomic E-state index is 0.218. The van der Waals surface area contributed by atoms with E-state index in [1.807, 2.05) is 54.0 Å². The molecule has 0 radical (unpaired) electrons. The second-order valence-electron chi connectivity index (χ2n) is 6.92. The van der Waals surface area contributed by atoms with Crippen LogP contribution in [-0.2, 0) is 24.9 Å². The molecule has 2 aromatic carbocycles. The van der Waals surface area contributed by atoms with Crippen LogP contribution in [-0.4, -0.2) is 5.91 Å². The number of nitrogens with one attached hydrogen (secondary N) is 1. The molecule has 29 heavy (non-hydrogen) atoms. The Morgan fingerprint density at radius 2 is 1.62 bits per heavy atom. The van der Waals surface area contributed by atoms with Gasteiger partial charge in [0, 0.05) is 12.8 Å². The molecule has 1 N–H and O–H groups in total. The summed E-state index contributed by atoms with van der Waals surface area (Å²) < 4.78 is 22.2. The number of phosphoric ester groups is 1. The normalized spacial score (nSPS) is 14.1. The molecule has 0 fully saturated rings. The largest absolute Gasteiger partial charge is 0.755 e. The third kappa shape index (κ3) is 9.37. The highest BCUT2D eigenvalue weighted by atomic mass is 31.2. The maximum Gasteiger partial charge on any atom is 0.291 e. The number of carbonyl (C=O) groups excluding carboxylic acids is 1. The lowest BCUT2D eigenvalue weighted by molar-refractivity contribution is -0.236. The molecular weight excluding hydrogens is 389 g/mol. The Bertz CT molecular complexity index is 769. The Hall–Kier alpha value is -1.98. The number of carbonyl (C=O) groups is 1. The van der Waals surface area contributed by atoms with Crippen LogP contribution in [0.25, 0.3) is 0 Å². The van der Waals surface area contributed by atoms with Gasteiger partial charge in [0.05, 0.1) is 6.10 Å². The zero-order chi connectivity index (χ0) is 21.0. The van der Waals surface area contributed by atoms with Crippen LogP contribution in [0.15, 0.2) is 60.7 Å². The van der Waals surface area contributed by atoms with E-state index < -0.39 is 19.8 Å². The summed E-state index contributed by atoms with van der Waals surface area (Å²) in [6.45, 7) is 2.12. The zero-order valence-electron chi connectivity index (χ0n) is 16.8. The fraction of sp³-hybridized carbons (Fsp3) is 0.409. The Labute approximate surface area is 172 Å². The van der Waals surface area contributed by atoms with E-state index >= 15 is 0 Å². The first-order chi connectivity index (χ1) is 14.0. The van der Waals surface area contributed by atoms with E-state index in [1.165, 1.54) is 0 Å². The summed E-state index contributed by atoms with van der Waals surface area (Å²) in [5, 5.41) is 0. The molecule has 6 nitrogen and oxygen atoms in total. The van der Waals surface area contributed by atoms with E-state index in [0.29, 0.717) is 18.4 Å². The molecule has 2 rings (SSSR count). The molecule has 158 valence electrons. The summed E-state index contributed by atoms with van der Waals surface area (Å²) in [5.74, 6) is -0.472. The van der Waals surface area contributed by atoms with Gasteiger partial charge in [-0.2, -0.15) is 0 Å². The second kappa shape index (κ2) is 12.6. The molecule has 1 amide bonds. The molecule has 0 aliphatic heterocycles. The third-order valence-electron chi connectivity index (χ3n) is 4.47. The van der Waals surface area contributed by atoms with Gasteiger partial charge in [0.2, 0.25) is 5.91 Å². The van der Waals surface area contributed by atoms with Crippen LogP contribution < -0.4 is 10.4 Å². The van der Waals surface area contributed by atoms with Crippen molar-refractivity contribution < 1.29 is 23.4 Å². The van der Waals surface area contributed by atoms with Gasteiger partial charge in [-0.1, -0.05) is 93.3 Å². The number of phosphoric acid groups is 1. The maximum atomic E-state index is 12.3. The Balaban J connectivity index is 1.91. The zero-order valence-corrected chi connectivity index (χ0v) is 17.7. The smallest absolute Gasteiger partial charge is 0.291 e. The third-order valence-corrected chi connectivity index (χ3v) is 5.30. The van der Waals surface area contributed by atoms with Gasteiger partial charge in [0.1, 0.15) is 0 Å². The minimum atomic E-state index is -4.74. The highest BCUT2D eigenvalue weighted by Crippen LogP contribution is 2.44. The fourth-order valence-corrected chi connectivity index (χ4v) is 3.70. The van der Waals surface area contributed by atoms with E-state index in [9.17, 15) is 14.3 Å². The van der Waals surface area contributed by atoms with Crippen molar-refractivity contribution in [2.24, 2.45) is 0 Å². The fourth-order valence-electron chi connectivity index (χ4n) is 2.94. The summed E-state index contributed by atoms with van der Waals surface area (Å²) in [6.07, 6.45) is 4.75. The number of hydrogen-bond donors (Lipinski definition) is 1. The van der Waals surface area contributed by atoms with Crippen molar-refractivity contribution in [2.45, 2.75) is 58.0 Å². The summed E-state index contributed by atoms with van der Waals surface area (Å²) >= 11 is 0. The maximum absolute atomic E-state index is 12.3. The highest BCUT2D eigenvalue weighted by Gasteiger charge is 2.21. The standard InChI is InChI=1S/C22H30NO5P/c1-2-3-4-5-12-17-22(24)23-28-29(25,26)27-21(20-15-10-7-11-16-20)18-19-13-8-6-9-14-19/h6-11,13-16,21H,2-5,12,17-18H2,1H3,(H,23,24)(H,25,26)/p-1. The van der Waals surface area contributed by atoms with Crippen LogP contribution in [0, 0.1) is 0 Å². The van der Waals surface area contributed by atoms with Gasteiger partial charge in [-0.05, 0) is 17.5 Å². The van der Waals surface area contributed by atoms with Gasteiger partial charge in [-0.3, -0.25) is 9.36 Å². The lowest BCUT2D eigenvalue weighted by Gasteiger charge is -2.28. The van der Waals surface area contributed by atoms with Crippen LogP contribution in [0.4, 0.5) is 0 Å². The Morgan fingerprint density at radius 3 is 2.28 bits per heavy atom. The summed E-state index contributed by atoms with van der Waals surface area (Å²) in [7, 11) is -4.74. The number of benzene rings is 2. The van der Waals surface area contributed by atoms with Crippen LogP contribution in [0.2, 0.25) is 0 Å². The van der Waals surface area contributed by atoms with Gasteiger partial charge < -0.3 is 9.42 Å². The van der Waals surface area contributed by atoms with Crippen molar-refractivity contribution in [2.75, 3.05) is 0 Å². The van der Waals surface area contributed by atoms with E-state index in [0.717, 1.165) is 31.2 Å². The summed E-state index contributed by atoms with van der Waals surface area (Å²) in [5.41, 5.74) is 3.63. The predicted octanol–water partition coefficient (Wildman–Crippen LogP) is 4.86. The first-order valence-electron chi connectivity index (χ1n) is 10.1. The van der Waals surface area contributed by atoms with Crippen molar-refractivity contribution >= 4 is 13.7 Å². The molecule has 0 heterocycles. The SMILES string of the molecule is CCCCCCCC(=O)NOP(=O)([O-])OC(Cc1ccccc1)c1ccccc1. The average molecular weight is 418 g/mol. The summed E-state index contributed by atoms with van der Waals surface area (Å²) in [6, 6.07) is 18.5. The van der Waals surface area contributed by atoms with Gasteiger partial charge in [-0.25, -0.2) is 10.1 Å². The van der Waals surface area contributed by atoms with Gasteiger partial charge in [-0.15, -0.1) is 0 Å². The molecule has 0 saturated carbocycles. The van der Waals surface area contributed by atoms with Gasteiger partial charge >= 0.3 is 0 Å². The Morgan fingerprint density at radius 1 is 1.00 bits per heavy atom. The first-order valence-corrected chi connectivity index (χ1v) is 11.5. The molecule has 7 heteroatoms. The number of rotatable bonds is 13. The molecule has 0 aromatic heterocycles. The molecule has 2 unspecified atom stereocenters. The number of hydrogen-bond acceptors (Lipinski definition) is 5. The Kier molecular flexibility index (Phi) is 10.1. The molecule has 0 spiro atoms. The van der Waals surface area contributed by atoms with Crippen molar-refractivity contribution in [1.82, 2.24) is 5.48 Å². The van der Waals surface area contributed by atoms with E-state index in [2.05, 4.69) is 11.5 Å². The van der Waals surface area contributed by atoms with Crippen LogP contribution in [0.3, 0.4) is 0 Å². The number of amides is 1. The van der Waals surface area contributed by atoms with Crippen LogP contribution in [0.1, 0.15) is 62.7 Å². The molecule has 2 atom stereocenters. The predicted molar refractivity (Wildman–Crippen MR) is 111 cm³/mol. The summed E-state index contributed by atoms with van der Waals surface area (Å²) in [4.78, 5) is 24.1. The lowest BCUT2D eigenvalue weighted by Crippen LogP contribution is -2.26. The lowest BCUT2D eigenvalue weighted by atomic mass is 10.0. The van der Waals surface area contributed by atoms with Crippen LogP contribution >= 0.6 is 7.82 Å². The second-order valence-corrected chi connectivity index (χ2v) is 8.21. The first kappa shape index (κ1) is 23.3. The van der Waals surface area contributed by atoms with E-state index in [4.69, 9.17) is 4.52 Å². The van der Waals surface area contributed by atoms with Gasteiger partial charge in [0.25, 0.3) is 7.82 Å². The number of hydroxylamine groups is 1. The molecular formula is C22H29NO5P-. The number of unbranched alkanes of at least 4 members (excludes halogenated alkanes) is 4. The van der Waals surface area contributed by atoms with Crippen molar-refractivity contribution in [3.8, 4) is 0 Å². The van der Waals surface area contributed by atoms with Crippen molar-refractivity contribution in [3.05, 3.63) is 71.8 Å². The minimum Gasteiger partial charge on any atom is -0.755 e. The molecule has 2 aromatic rings. The molecule has 0 saturated heterocycles. The van der Waals surface area contributed by atoms with E-state index in [-0.39, 0.29) is 6.42 Å². The van der Waals surface area contributed by atoms with Crippen molar-refractivity contribution in [3.63, 3.8) is 0 Å². The monoisotopic (exact) mass is 418 g/mol.